The standard InChI is InChI=1S/C20H29N3O4/c1-19(2,3)23-12-20-5-4-14(27-20)15(16(20)18(23)25)17(24)22-10-13(11-22)21-6-8-26-9-7-21/h4-5,13-16H,6-12H2,1-3H3/t14-,15+,16-,20-/m0/s1. The van der Waals surface area contributed by atoms with Gasteiger partial charge in [-0.05, 0) is 20.8 Å². The molecule has 0 saturated carbocycles. The van der Waals surface area contributed by atoms with Crippen LogP contribution in [0.5, 0.6) is 0 Å². The van der Waals surface area contributed by atoms with Gasteiger partial charge < -0.3 is 19.3 Å². The molecule has 7 nitrogen and oxygen atoms in total. The van der Waals surface area contributed by atoms with Crippen LogP contribution in [-0.2, 0) is 19.1 Å². The van der Waals surface area contributed by atoms with Crippen LogP contribution in [0.2, 0.25) is 0 Å². The third-order valence-corrected chi connectivity index (χ3v) is 6.93. The molecule has 27 heavy (non-hydrogen) atoms. The van der Waals surface area contributed by atoms with E-state index in [4.69, 9.17) is 9.47 Å². The Balaban J connectivity index is 1.31. The summed E-state index contributed by atoms with van der Waals surface area (Å²) >= 11 is 0. The first-order valence-corrected chi connectivity index (χ1v) is 10.1. The normalized spacial score (nSPS) is 39.2. The number of rotatable bonds is 2. The van der Waals surface area contributed by atoms with Gasteiger partial charge in [-0.1, -0.05) is 12.2 Å². The second-order valence-electron chi connectivity index (χ2n) is 9.54. The second kappa shape index (κ2) is 5.78. The number of ether oxygens (including phenoxy) is 2. The molecule has 0 radical (unpaired) electrons. The van der Waals surface area contributed by atoms with E-state index >= 15 is 0 Å². The average Bonchev–Trinajstić information content (AvgIpc) is 3.22. The van der Waals surface area contributed by atoms with E-state index in [9.17, 15) is 9.59 Å². The first-order valence-electron chi connectivity index (χ1n) is 10.1. The molecule has 0 unspecified atom stereocenters. The van der Waals surface area contributed by atoms with Crippen molar-refractivity contribution in [1.82, 2.24) is 14.7 Å². The Morgan fingerprint density at radius 1 is 1.22 bits per heavy atom. The topological polar surface area (TPSA) is 62.3 Å². The maximum atomic E-state index is 13.3. The van der Waals surface area contributed by atoms with Crippen LogP contribution in [0.15, 0.2) is 12.2 Å². The van der Waals surface area contributed by atoms with Crippen molar-refractivity contribution in [3.8, 4) is 0 Å². The molecule has 0 aliphatic carbocycles. The van der Waals surface area contributed by atoms with Crippen molar-refractivity contribution in [1.29, 1.82) is 0 Å². The Bertz CT molecular complexity index is 690. The zero-order valence-electron chi connectivity index (χ0n) is 16.4. The molecule has 5 aliphatic rings. The largest absolute Gasteiger partial charge is 0.379 e. The lowest BCUT2D eigenvalue weighted by atomic mass is 9.76. The number of nitrogens with zero attached hydrogens (tertiary/aromatic N) is 3. The van der Waals surface area contributed by atoms with Crippen molar-refractivity contribution in [3.05, 3.63) is 12.2 Å². The SMILES string of the molecule is CC(C)(C)N1C[C@]23C=C[C@H](O2)[C@@H](C(=O)N2CC(N4CCOCC4)C2)[C@H]3C1=O. The van der Waals surface area contributed by atoms with Crippen LogP contribution in [0.4, 0.5) is 0 Å². The molecule has 0 aromatic heterocycles. The zero-order chi connectivity index (χ0) is 19.0. The first-order chi connectivity index (χ1) is 12.8. The Morgan fingerprint density at radius 3 is 2.59 bits per heavy atom. The summed E-state index contributed by atoms with van der Waals surface area (Å²) in [7, 11) is 0. The Labute approximate surface area is 160 Å². The van der Waals surface area contributed by atoms with Crippen LogP contribution in [0.25, 0.3) is 0 Å². The summed E-state index contributed by atoms with van der Waals surface area (Å²) in [6.45, 7) is 11.6. The Hall–Kier alpha value is -1.44. The van der Waals surface area contributed by atoms with Gasteiger partial charge >= 0.3 is 0 Å². The Morgan fingerprint density at radius 2 is 1.93 bits per heavy atom. The van der Waals surface area contributed by atoms with E-state index in [-0.39, 0.29) is 35.3 Å². The van der Waals surface area contributed by atoms with Crippen molar-refractivity contribution >= 4 is 11.8 Å². The molecular weight excluding hydrogens is 346 g/mol. The number of carbonyl (C=O) groups is 2. The van der Waals surface area contributed by atoms with E-state index in [1.807, 2.05) is 42.7 Å². The third-order valence-electron chi connectivity index (χ3n) is 6.93. The molecule has 2 bridgehead atoms. The highest BCUT2D eigenvalue weighted by molar-refractivity contribution is 5.93. The summed E-state index contributed by atoms with van der Waals surface area (Å²) in [5.74, 6) is -0.593. The molecule has 4 saturated heterocycles. The Kier molecular flexibility index (Phi) is 3.78. The zero-order valence-corrected chi connectivity index (χ0v) is 16.4. The molecule has 0 N–H and O–H groups in total. The number of fused-ring (bicyclic) bond motifs is 1. The summed E-state index contributed by atoms with van der Waals surface area (Å²) in [5.41, 5.74) is -0.874. The first kappa shape index (κ1) is 17.6. The molecular formula is C20H29N3O4. The molecule has 7 heteroatoms. The smallest absolute Gasteiger partial charge is 0.230 e. The lowest BCUT2D eigenvalue weighted by molar-refractivity contribution is -0.151. The molecule has 5 rings (SSSR count). The van der Waals surface area contributed by atoms with Gasteiger partial charge in [-0.15, -0.1) is 0 Å². The van der Waals surface area contributed by atoms with Crippen LogP contribution in [0, 0.1) is 11.8 Å². The van der Waals surface area contributed by atoms with E-state index in [2.05, 4.69) is 4.90 Å². The molecule has 0 aromatic rings. The molecule has 0 aromatic carbocycles. The van der Waals surface area contributed by atoms with E-state index < -0.39 is 5.60 Å². The highest BCUT2D eigenvalue weighted by Gasteiger charge is 2.68. The molecule has 2 amide bonds. The van der Waals surface area contributed by atoms with Crippen molar-refractivity contribution < 1.29 is 19.1 Å². The maximum Gasteiger partial charge on any atom is 0.230 e. The molecule has 1 spiro atoms. The summed E-state index contributed by atoms with van der Waals surface area (Å²) in [4.78, 5) is 32.7. The van der Waals surface area contributed by atoms with Crippen LogP contribution >= 0.6 is 0 Å². The minimum Gasteiger partial charge on any atom is -0.379 e. The average molecular weight is 375 g/mol. The molecule has 5 aliphatic heterocycles. The van der Waals surface area contributed by atoms with Gasteiger partial charge in [-0.25, -0.2) is 0 Å². The van der Waals surface area contributed by atoms with Crippen LogP contribution < -0.4 is 0 Å². The quantitative estimate of drug-likeness (QED) is 0.641. The highest BCUT2D eigenvalue weighted by Crippen LogP contribution is 2.53. The van der Waals surface area contributed by atoms with Gasteiger partial charge in [0.15, 0.2) is 0 Å². The number of likely N-dealkylation sites (tertiary alicyclic amines) is 2. The molecule has 4 atom stereocenters. The van der Waals surface area contributed by atoms with Gasteiger partial charge in [0.1, 0.15) is 5.60 Å². The van der Waals surface area contributed by atoms with Crippen molar-refractivity contribution in [3.63, 3.8) is 0 Å². The fourth-order valence-electron chi connectivity index (χ4n) is 5.37. The van der Waals surface area contributed by atoms with Crippen LogP contribution in [0.1, 0.15) is 20.8 Å². The summed E-state index contributed by atoms with van der Waals surface area (Å²) in [6.07, 6.45) is 3.77. The van der Waals surface area contributed by atoms with E-state index in [1.165, 1.54) is 0 Å². The maximum absolute atomic E-state index is 13.3. The van der Waals surface area contributed by atoms with Crippen LogP contribution in [0.3, 0.4) is 0 Å². The molecule has 148 valence electrons. The van der Waals surface area contributed by atoms with Gasteiger partial charge in [0.25, 0.3) is 0 Å². The number of morpholine rings is 1. The predicted octanol–water partition coefficient (Wildman–Crippen LogP) is 0.110. The number of carbonyl (C=O) groups excluding carboxylic acids is 2. The van der Waals surface area contributed by atoms with Gasteiger partial charge in [-0.2, -0.15) is 0 Å². The summed E-state index contributed by atoms with van der Waals surface area (Å²) in [5, 5.41) is 0. The van der Waals surface area contributed by atoms with Gasteiger partial charge in [0, 0.05) is 37.8 Å². The summed E-state index contributed by atoms with van der Waals surface area (Å²) < 4.78 is 11.6. The van der Waals surface area contributed by atoms with Gasteiger partial charge in [-0.3, -0.25) is 14.5 Å². The van der Waals surface area contributed by atoms with E-state index in [1.54, 1.807) is 0 Å². The van der Waals surface area contributed by atoms with Gasteiger partial charge in [0.05, 0.1) is 37.7 Å². The van der Waals surface area contributed by atoms with Crippen molar-refractivity contribution in [2.75, 3.05) is 45.9 Å². The van der Waals surface area contributed by atoms with E-state index in [0.717, 1.165) is 39.4 Å². The fraction of sp³-hybridized carbons (Fsp3) is 0.800. The second-order valence-corrected chi connectivity index (χ2v) is 9.54. The minimum atomic E-state index is -0.607. The lowest BCUT2D eigenvalue weighted by Gasteiger charge is -2.47. The third kappa shape index (κ3) is 2.51. The fourth-order valence-corrected chi connectivity index (χ4v) is 5.37. The monoisotopic (exact) mass is 375 g/mol. The number of hydrogen-bond acceptors (Lipinski definition) is 5. The van der Waals surface area contributed by atoms with Gasteiger partial charge in [0.2, 0.25) is 11.8 Å². The van der Waals surface area contributed by atoms with Crippen molar-refractivity contribution in [2.45, 2.75) is 44.1 Å². The lowest BCUT2D eigenvalue weighted by Crippen LogP contribution is -2.64. The highest BCUT2D eigenvalue weighted by atomic mass is 16.5. The molecule has 4 fully saturated rings. The summed E-state index contributed by atoms with van der Waals surface area (Å²) in [6, 6.07) is 0.423. The predicted molar refractivity (Wildman–Crippen MR) is 98.0 cm³/mol. The number of amides is 2. The molecule has 5 heterocycles. The number of hydrogen-bond donors (Lipinski definition) is 0. The van der Waals surface area contributed by atoms with Crippen molar-refractivity contribution in [2.24, 2.45) is 11.8 Å². The van der Waals surface area contributed by atoms with Crippen LogP contribution in [-0.4, -0.2) is 95.7 Å². The van der Waals surface area contributed by atoms with E-state index in [0.29, 0.717) is 12.6 Å². The minimum absolute atomic E-state index is 0.0675.